The Kier molecular flexibility index (Phi) is 8.88. The normalized spacial score (nSPS) is 22.9. The van der Waals surface area contributed by atoms with Gasteiger partial charge in [0.2, 0.25) is 0 Å². The molecule has 0 unspecified atom stereocenters. The lowest BCUT2D eigenvalue weighted by atomic mass is 10.1. The topological polar surface area (TPSA) is 76.9 Å². The van der Waals surface area contributed by atoms with Crippen molar-refractivity contribution in [2.24, 2.45) is 0 Å². The van der Waals surface area contributed by atoms with E-state index in [2.05, 4.69) is 69.5 Å². The summed E-state index contributed by atoms with van der Waals surface area (Å²) < 4.78 is 77.2. The van der Waals surface area contributed by atoms with Crippen molar-refractivity contribution in [1.29, 1.82) is 0 Å². The van der Waals surface area contributed by atoms with Gasteiger partial charge in [-0.2, -0.15) is 4.98 Å². The number of nitrogens with zero attached hydrogens (tertiary/aromatic N) is 3. The summed E-state index contributed by atoms with van der Waals surface area (Å²) in [6.07, 6.45) is -1.42. The van der Waals surface area contributed by atoms with Gasteiger partial charge in [-0.15, -0.1) is 0 Å². The number of pyridine rings is 1. The molecule has 0 spiro atoms. The molecule has 0 saturated carbocycles. The summed E-state index contributed by atoms with van der Waals surface area (Å²) in [5, 5.41) is 0.0326. The molecule has 2 aromatic heterocycles. The number of hydrogen-bond acceptors (Lipinski definition) is 7. The average molecular weight is 637 g/mol. The molecule has 2 aliphatic heterocycles. The quantitative estimate of drug-likeness (QED) is 0.184. The molecule has 5 rings (SSSR count). The summed E-state index contributed by atoms with van der Waals surface area (Å²) in [7, 11) is -3.44. The van der Waals surface area contributed by atoms with E-state index in [4.69, 9.17) is 23.4 Å². The van der Waals surface area contributed by atoms with E-state index in [-0.39, 0.29) is 53.9 Å². The molecule has 2 saturated heterocycles. The van der Waals surface area contributed by atoms with Crippen molar-refractivity contribution in [2.75, 3.05) is 19.8 Å². The van der Waals surface area contributed by atoms with Gasteiger partial charge in [0.1, 0.15) is 41.8 Å². The van der Waals surface area contributed by atoms with Gasteiger partial charge in [-0.05, 0) is 42.4 Å². The Labute approximate surface area is 253 Å². The van der Waals surface area contributed by atoms with E-state index in [1.807, 2.05) is 0 Å². The van der Waals surface area contributed by atoms with Crippen LogP contribution in [0.5, 0.6) is 6.01 Å². The first-order valence-electron chi connectivity index (χ1n) is 14.6. The number of imidazole rings is 1. The largest absolute Gasteiger partial charge is 0.456 e. The van der Waals surface area contributed by atoms with Crippen molar-refractivity contribution in [3.63, 3.8) is 0 Å². The molecule has 4 heterocycles. The fourth-order valence-corrected chi connectivity index (χ4v) is 6.98. The molecule has 8 nitrogen and oxygen atoms in total. The van der Waals surface area contributed by atoms with Crippen LogP contribution in [-0.4, -0.2) is 75.2 Å². The maximum absolute atomic E-state index is 15.2. The Morgan fingerprint density at radius 1 is 0.953 bits per heavy atom. The summed E-state index contributed by atoms with van der Waals surface area (Å²) in [4.78, 5) is 8.84. The third-order valence-electron chi connectivity index (χ3n) is 8.46. The molecular formula is C30H41F3N3O5Si2. The Hall–Kier alpha value is -2.30. The highest BCUT2D eigenvalue weighted by atomic mass is 28.4. The number of aromatic nitrogens is 3. The minimum Gasteiger partial charge on any atom is -0.456 e. The highest BCUT2D eigenvalue weighted by Gasteiger charge is 2.52. The predicted octanol–water partition coefficient (Wildman–Crippen LogP) is 6.56. The van der Waals surface area contributed by atoms with E-state index < -0.39 is 51.2 Å². The number of benzene rings is 1. The van der Waals surface area contributed by atoms with E-state index in [0.717, 1.165) is 24.2 Å². The van der Waals surface area contributed by atoms with Crippen molar-refractivity contribution >= 4 is 27.6 Å². The second-order valence-electron chi connectivity index (χ2n) is 14.0. The van der Waals surface area contributed by atoms with Gasteiger partial charge in [-0.1, -0.05) is 40.4 Å². The molecule has 4 atom stereocenters. The summed E-state index contributed by atoms with van der Waals surface area (Å²) >= 11 is 0. The van der Waals surface area contributed by atoms with Crippen molar-refractivity contribution in [2.45, 2.75) is 95.7 Å². The molecule has 0 bridgehead atoms. The zero-order valence-electron chi connectivity index (χ0n) is 26.1. The van der Waals surface area contributed by atoms with E-state index >= 15 is 4.39 Å². The highest BCUT2D eigenvalue weighted by Crippen LogP contribution is 2.41. The minimum atomic E-state index is -2.07. The van der Waals surface area contributed by atoms with Crippen LogP contribution in [0.1, 0.15) is 20.8 Å². The van der Waals surface area contributed by atoms with Crippen molar-refractivity contribution < 1.29 is 36.5 Å². The maximum atomic E-state index is 15.2. The maximum Gasteiger partial charge on any atom is 0.301 e. The van der Waals surface area contributed by atoms with Crippen LogP contribution < -0.4 is 4.74 Å². The monoisotopic (exact) mass is 636 g/mol. The van der Waals surface area contributed by atoms with Gasteiger partial charge in [0.25, 0.3) is 0 Å². The molecule has 3 aromatic rings. The molecule has 43 heavy (non-hydrogen) atoms. The Bertz CT molecular complexity index is 1450. The smallest absolute Gasteiger partial charge is 0.301 e. The first-order valence-corrected chi connectivity index (χ1v) is 21.2. The lowest BCUT2D eigenvalue weighted by molar-refractivity contribution is 0.00687. The number of fused-ring (bicyclic) bond motifs is 2. The number of hydrogen-bond donors (Lipinski definition) is 0. The van der Waals surface area contributed by atoms with Crippen molar-refractivity contribution in [3.05, 3.63) is 41.7 Å². The summed E-state index contributed by atoms with van der Waals surface area (Å²) in [6, 6.07) is 6.38. The van der Waals surface area contributed by atoms with Crippen molar-refractivity contribution in [1.82, 2.24) is 14.5 Å². The van der Waals surface area contributed by atoms with E-state index in [1.165, 1.54) is 0 Å². The summed E-state index contributed by atoms with van der Waals surface area (Å²) in [6.45, 7) is 18.8. The standard InChI is InChI=1S/C30H41F3N3O5Si2/c1-30(2,3)43(7,8)41-23-16-39-26-22(15-38-27(23)26)40-29-34-21-14-20(33)25(24-18(31)10-9-11-19(24)32)35-28(21)36(29)17-37-12-13-42(4,5)6/h10-11,14,22-23,26-27H,12-13,15-17H2,1-8H3/t22-,23-,26-,27-/m1/s1. The fraction of sp³-hybridized carbons (Fsp3) is 0.600. The van der Waals surface area contributed by atoms with Gasteiger partial charge in [0, 0.05) is 20.7 Å². The highest BCUT2D eigenvalue weighted by molar-refractivity contribution is 6.76. The van der Waals surface area contributed by atoms with Crippen molar-refractivity contribution in [3.8, 4) is 17.3 Å². The second-order valence-corrected chi connectivity index (χ2v) is 24.4. The second kappa shape index (κ2) is 11.9. The van der Waals surface area contributed by atoms with Crippen LogP contribution in [0.2, 0.25) is 43.8 Å². The molecule has 0 amide bonds. The molecule has 1 aromatic carbocycles. The van der Waals surface area contributed by atoms with Crippen LogP contribution in [0.3, 0.4) is 0 Å². The lowest BCUT2D eigenvalue weighted by Crippen LogP contribution is -2.47. The number of halogens is 3. The van der Waals surface area contributed by atoms with E-state index in [1.54, 1.807) is 4.57 Å². The van der Waals surface area contributed by atoms with Crippen LogP contribution in [0.4, 0.5) is 13.2 Å². The van der Waals surface area contributed by atoms with Crippen LogP contribution in [0.25, 0.3) is 22.4 Å². The van der Waals surface area contributed by atoms with E-state index in [0.29, 0.717) is 13.2 Å². The fourth-order valence-electron chi connectivity index (χ4n) is 4.91. The van der Waals surface area contributed by atoms with Gasteiger partial charge in [-0.25, -0.2) is 18.2 Å². The van der Waals surface area contributed by atoms with Gasteiger partial charge >= 0.3 is 6.01 Å². The Balaban J connectivity index is 1.44. The number of ether oxygens (including phenoxy) is 4. The average Bonchev–Trinajstić information content (AvgIpc) is 3.56. The Morgan fingerprint density at radius 2 is 1.58 bits per heavy atom. The lowest BCUT2D eigenvalue weighted by Gasteiger charge is -2.39. The minimum absolute atomic E-state index is 0.00154. The van der Waals surface area contributed by atoms with Gasteiger partial charge in [0.15, 0.2) is 25.9 Å². The zero-order valence-corrected chi connectivity index (χ0v) is 28.1. The zero-order chi connectivity index (χ0) is 31.3. The molecule has 1 radical (unpaired) electrons. The summed E-state index contributed by atoms with van der Waals surface area (Å²) in [5.41, 5.74) is -0.712. The van der Waals surface area contributed by atoms with E-state index in [9.17, 15) is 8.78 Å². The summed E-state index contributed by atoms with van der Waals surface area (Å²) in [5.74, 6) is -2.86. The molecule has 0 aliphatic carbocycles. The molecule has 2 aliphatic rings. The van der Waals surface area contributed by atoms with Gasteiger partial charge < -0.3 is 23.4 Å². The molecule has 0 N–H and O–H groups in total. The number of rotatable bonds is 10. The Morgan fingerprint density at radius 3 is 2.21 bits per heavy atom. The van der Waals surface area contributed by atoms with Crippen LogP contribution >= 0.6 is 0 Å². The first kappa shape index (κ1) is 32.1. The SMILES string of the molecule is CC(C)(C)[Si](C)(C)O[C@@H]1CO[C@H]2[C@@H]1OC[C@H]2Oc1nc2cc(F)c(-c3c(F)c[c]cc3F)nc2n1COCC[Si](C)(C)C. The molecule has 13 heteroatoms. The van der Waals surface area contributed by atoms with Crippen LogP contribution in [0, 0.1) is 23.5 Å². The van der Waals surface area contributed by atoms with Crippen LogP contribution in [-0.2, 0) is 25.4 Å². The first-order chi connectivity index (χ1) is 20.1. The predicted molar refractivity (Wildman–Crippen MR) is 162 cm³/mol. The van der Waals surface area contributed by atoms with Gasteiger partial charge in [0.05, 0.1) is 24.9 Å². The molecular weight excluding hydrogens is 596 g/mol. The van der Waals surface area contributed by atoms with Crippen LogP contribution in [0.15, 0.2) is 18.2 Å². The van der Waals surface area contributed by atoms with Gasteiger partial charge in [-0.3, -0.25) is 4.57 Å². The molecule has 235 valence electrons. The molecule has 2 fully saturated rings. The third-order valence-corrected chi connectivity index (χ3v) is 14.7. The third kappa shape index (κ3) is 6.71.